The topological polar surface area (TPSA) is 85.0 Å². The predicted molar refractivity (Wildman–Crippen MR) is 158 cm³/mol. The molecule has 7 heteroatoms. The molecule has 200 valence electrons. The molecule has 4 aromatic carbocycles. The van der Waals surface area contributed by atoms with Gasteiger partial charge in [0, 0.05) is 31.1 Å². The summed E-state index contributed by atoms with van der Waals surface area (Å²) in [7, 11) is 2.06. The fraction of sp³-hybridized carbons (Fsp3) is 0.182. The highest BCUT2D eigenvalue weighted by Crippen LogP contribution is 2.31. The van der Waals surface area contributed by atoms with Crippen LogP contribution >= 0.6 is 0 Å². The Morgan fingerprint density at radius 2 is 1.65 bits per heavy atom. The van der Waals surface area contributed by atoms with Crippen molar-refractivity contribution in [3.05, 3.63) is 107 Å². The Labute approximate surface area is 232 Å². The minimum atomic E-state index is -0.527. The molecule has 2 N–H and O–H groups in total. The number of para-hydroxylation sites is 2. The number of benzene rings is 4. The molecule has 1 amide bonds. The van der Waals surface area contributed by atoms with Crippen LogP contribution in [0.25, 0.3) is 44.6 Å². The first-order valence-electron chi connectivity index (χ1n) is 13.5. The number of rotatable bonds is 7. The summed E-state index contributed by atoms with van der Waals surface area (Å²) in [5.41, 5.74) is 11.4. The number of fused-ring (bicyclic) bond motifs is 2. The Hall–Kier alpha value is -4.75. The van der Waals surface area contributed by atoms with Crippen molar-refractivity contribution in [2.45, 2.75) is 33.2 Å². The van der Waals surface area contributed by atoms with E-state index in [-0.39, 0.29) is 0 Å². The van der Waals surface area contributed by atoms with Gasteiger partial charge < -0.3 is 9.13 Å². The van der Waals surface area contributed by atoms with E-state index >= 15 is 0 Å². The molecule has 0 aliphatic carbocycles. The van der Waals surface area contributed by atoms with Gasteiger partial charge in [-0.15, -0.1) is 0 Å². The average Bonchev–Trinajstić information content (AvgIpc) is 3.50. The smallest absolute Gasteiger partial charge is 0.275 e. The third-order valence-corrected chi connectivity index (χ3v) is 7.52. The molecule has 6 aromatic rings. The summed E-state index contributed by atoms with van der Waals surface area (Å²) in [6.45, 7) is 4.98. The van der Waals surface area contributed by atoms with E-state index in [9.17, 15) is 4.79 Å². The molecule has 0 bridgehead atoms. The summed E-state index contributed by atoms with van der Waals surface area (Å²) in [6.07, 6.45) is 1.89. The number of aryl methyl sites for hydroxylation is 3. The van der Waals surface area contributed by atoms with E-state index in [1.165, 1.54) is 0 Å². The number of aromatic nitrogens is 4. The van der Waals surface area contributed by atoms with Crippen LogP contribution in [0.4, 0.5) is 0 Å². The van der Waals surface area contributed by atoms with Crippen molar-refractivity contribution in [2.75, 3.05) is 0 Å². The predicted octanol–water partition coefficient (Wildman–Crippen LogP) is 6.69. The van der Waals surface area contributed by atoms with Crippen molar-refractivity contribution >= 4 is 28.0 Å². The molecule has 2 aromatic heterocycles. The van der Waals surface area contributed by atoms with Crippen LogP contribution in [0.15, 0.2) is 84.9 Å². The lowest BCUT2D eigenvalue weighted by Gasteiger charge is -2.12. The van der Waals surface area contributed by atoms with Crippen molar-refractivity contribution in [3.63, 3.8) is 0 Å². The van der Waals surface area contributed by atoms with E-state index in [2.05, 4.69) is 60.4 Å². The normalized spacial score (nSPS) is 11.4. The maximum absolute atomic E-state index is 12.2. The largest absolute Gasteiger partial charge is 0.327 e. The second kappa shape index (κ2) is 10.4. The van der Waals surface area contributed by atoms with Crippen molar-refractivity contribution < 1.29 is 10.0 Å². The standard InChI is InChI=1S/C33H31N5O2/c1-4-9-30-35-31-21(2)18-24(32-34-27-12-7-8-13-28(27)37(32)3)19-29(31)38(30)20-22-14-16-23(17-15-22)25-10-5-6-11-26(25)33(39)36-40/h5-8,10-19,40H,4,9,20H2,1-3H3,(H,36,39). The Morgan fingerprint density at radius 1 is 0.900 bits per heavy atom. The van der Waals surface area contributed by atoms with E-state index in [0.29, 0.717) is 12.1 Å². The molecule has 2 heterocycles. The van der Waals surface area contributed by atoms with Gasteiger partial charge in [-0.3, -0.25) is 10.0 Å². The van der Waals surface area contributed by atoms with Crippen molar-refractivity contribution in [1.29, 1.82) is 0 Å². The molecule has 7 nitrogen and oxygen atoms in total. The Bertz CT molecular complexity index is 1860. The first-order chi connectivity index (χ1) is 19.5. The lowest BCUT2D eigenvalue weighted by Crippen LogP contribution is -2.19. The highest BCUT2D eigenvalue weighted by molar-refractivity contribution is 6.00. The number of amides is 1. The van der Waals surface area contributed by atoms with Crippen LogP contribution in [0.3, 0.4) is 0 Å². The van der Waals surface area contributed by atoms with Crippen molar-refractivity contribution in [1.82, 2.24) is 24.6 Å². The fourth-order valence-electron chi connectivity index (χ4n) is 5.53. The van der Waals surface area contributed by atoms with Crippen LogP contribution in [-0.4, -0.2) is 30.2 Å². The zero-order chi connectivity index (χ0) is 27.8. The number of hydrogen-bond acceptors (Lipinski definition) is 4. The molecule has 0 saturated carbocycles. The molecular weight excluding hydrogens is 498 g/mol. The van der Waals surface area contributed by atoms with E-state index < -0.39 is 5.91 Å². The van der Waals surface area contributed by atoms with Gasteiger partial charge in [-0.25, -0.2) is 15.4 Å². The summed E-state index contributed by atoms with van der Waals surface area (Å²) in [5.74, 6) is 1.48. The Morgan fingerprint density at radius 3 is 2.40 bits per heavy atom. The molecule has 0 spiro atoms. The van der Waals surface area contributed by atoms with Gasteiger partial charge >= 0.3 is 0 Å². The highest BCUT2D eigenvalue weighted by Gasteiger charge is 2.17. The van der Waals surface area contributed by atoms with Crippen LogP contribution in [-0.2, 0) is 20.0 Å². The third kappa shape index (κ3) is 4.44. The average molecular weight is 530 g/mol. The number of imidazole rings is 2. The van der Waals surface area contributed by atoms with E-state index in [1.54, 1.807) is 17.6 Å². The molecule has 0 atom stereocenters. The second-order valence-electron chi connectivity index (χ2n) is 10.2. The molecule has 0 fully saturated rings. The van der Waals surface area contributed by atoms with E-state index in [4.69, 9.17) is 15.2 Å². The van der Waals surface area contributed by atoms with Gasteiger partial charge in [0.15, 0.2) is 0 Å². The van der Waals surface area contributed by atoms with Crippen LogP contribution in [0.1, 0.15) is 40.7 Å². The van der Waals surface area contributed by atoms with Crippen molar-refractivity contribution in [2.24, 2.45) is 7.05 Å². The quantitative estimate of drug-likeness (QED) is 0.178. The fourth-order valence-corrected chi connectivity index (χ4v) is 5.53. The SMILES string of the molecule is CCCc1nc2c(C)cc(-c3nc4ccccc4n3C)cc2n1Cc1ccc(-c2ccccc2C(=O)NO)cc1. The number of carbonyl (C=O) groups is 1. The highest BCUT2D eigenvalue weighted by atomic mass is 16.5. The first-order valence-corrected chi connectivity index (χ1v) is 13.5. The van der Waals surface area contributed by atoms with Crippen LogP contribution < -0.4 is 5.48 Å². The summed E-state index contributed by atoms with van der Waals surface area (Å²) in [5, 5.41) is 9.15. The Kier molecular flexibility index (Phi) is 6.66. The van der Waals surface area contributed by atoms with Gasteiger partial charge in [0.1, 0.15) is 11.6 Å². The van der Waals surface area contributed by atoms with Crippen molar-refractivity contribution in [3.8, 4) is 22.5 Å². The first kappa shape index (κ1) is 25.5. The number of hydroxylamine groups is 1. The van der Waals surface area contributed by atoms with Gasteiger partial charge in [0.2, 0.25) is 0 Å². The van der Waals surface area contributed by atoms with Crippen LogP contribution in [0.5, 0.6) is 0 Å². The van der Waals surface area contributed by atoms with E-state index in [0.717, 1.165) is 74.4 Å². The van der Waals surface area contributed by atoms with E-state index in [1.807, 2.05) is 42.5 Å². The Balaban J connectivity index is 1.41. The van der Waals surface area contributed by atoms with Gasteiger partial charge in [-0.1, -0.05) is 61.5 Å². The third-order valence-electron chi connectivity index (χ3n) is 7.52. The molecule has 0 aliphatic heterocycles. The maximum atomic E-state index is 12.2. The number of carbonyl (C=O) groups excluding carboxylic acids is 1. The maximum Gasteiger partial charge on any atom is 0.275 e. The van der Waals surface area contributed by atoms with Gasteiger partial charge in [-0.05, 0) is 65.9 Å². The zero-order valence-electron chi connectivity index (χ0n) is 22.8. The monoisotopic (exact) mass is 529 g/mol. The molecular formula is C33H31N5O2. The molecule has 40 heavy (non-hydrogen) atoms. The van der Waals surface area contributed by atoms with Gasteiger partial charge in [0.25, 0.3) is 5.91 Å². The number of nitrogens with zero attached hydrogens (tertiary/aromatic N) is 4. The molecule has 0 saturated heterocycles. The molecule has 6 rings (SSSR count). The minimum absolute atomic E-state index is 0.425. The summed E-state index contributed by atoms with van der Waals surface area (Å²) in [6, 6.07) is 28.1. The number of hydrogen-bond donors (Lipinski definition) is 2. The molecule has 0 radical (unpaired) electrons. The lowest BCUT2D eigenvalue weighted by atomic mass is 9.98. The lowest BCUT2D eigenvalue weighted by molar-refractivity contribution is 0.0707. The summed E-state index contributed by atoms with van der Waals surface area (Å²) < 4.78 is 4.47. The van der Waals surface area contributed by atoms with Crippen LogP contribution in [0, 0.1) is 6.92 Å². The zero-order valence-corrected chi connectivity index (χ0v) is 22.8. The summed E-state index contributed by atoms with van der Waals surface area (Å²) in [4.78, 5) is 22.2. The minimum Gasteiger partial charge on any atom is -0.327 e. The summed E-state index contributed by atoms with van der Waals surface area (Å²) >= 11 is 0. The van der Waals surface area contributed by atoms with Gasteiger partial charge in [-0.2, -0.15) is 0 Å². The number of nitrogens with one attached hydrogen (secondary N) is 1. The van der Waals surface area contributed by atoms with Gasteiger partial charge in [0.05, 0.1) is 22.1 Å². The second-order valence-corrected chi connectivity index (χ2v) is 10.2. The molecule has 0 unspecified atom stereocenters. The molecule has 0 aliphatic rings. The van der Waals surface area contributed by atoms with Crippen LogP contribution in [0.2, 0.25) is 0 Å².